The van der Waals surface area contributed by atoms with E-state index in [1.54, 1.807) is 25.1 Å². The smallest absolute Gasteiger partial charge is 0.491 e. The topological polar surface area (TPSA) is 118 Å². The Hall–Kier alpha value is -4.42. The summed E-state index contributed by atoms with van der Waals surface area (Å²) in [6, 6.07) is 7.75. The molecule has 0 aliphatic heterocycles. The van der Waals surface area contributed by atoms with Gasteiger partial charge in [-0.2, -0.15) is 18.2 Å². The zero-order valence-electron chi connectivity index (χ0n) is 18.9. The third-order valence-electron chi connectivity index (χ3n) is 4.88. The number of hydrogen-bond donors (Lipinski definition) is 1. The molecule has 10 nitrogen and oxygen atoms in total. The van der Waals surface area contributed by atoms with Crippen molar-refractivity contribution in [2.75, 3.05) is 26.6 Å². The van der Waals surface area contributed by atoms with Crippen molar-refractivity contribution in [2.24, 2.45) is 0 Å². The number of esters is 1. The normalized spacial score (nSPS) is 11.4. The number of rotatable bonds is 6. The molecule has 0 amide bonds. The van der Waals surface area contributed by atoms with Crippen molar-refractivity contribution in [2.45, 2.75) is 13.1 Å². The summed E-state index contributed by atoms with van der Waals surface area (Å²) >= 11 is 0. The molecule has 182 valence electrons. The second-order valence-corrected chi connectivity index (χ2v) is 7.05. The summed E-state index contributed by atoms with van der Waals surface area (Å²) in [5.41, 5.74) is 1.17. The van der Waals surface area contributed by atoms with E-state index in [2.05, 4.69) is 30.0 Å². The third-order valence-corrected chi connectivity index (χ3v) is 4.88. The number of ether oxygens (including phenoxy) is 4. The molecule has 2 heterocycles. The monoisotopic (exact) mass is 489 g/mol. The fraction of sp³-hybridized carbons (Fsp3) is 0.227. The first-order chi connectivity index (χ1) is 16.7. The number of carbonyl (C=O) groups is 1. The molecule has 0 unspecified atom stereocenters. The van der Waals surface area contributed by atoms with Crippen molar-refractivity contribution in [3.05, 3.63) is 36.0 Å². The molecule has 0 saturated heterocycles. The van der Waals surface area contributed by atoms with Crippen LogP contribution >= 0.6 is 0 Å². The van der Waals surface area contributed by atoms with E-state index >= 15 is 0 Å². The first kappa shape index (κ1) is 23.7. The highest BCUT2D eigenvalue weighted by atomic mass is 19.4. The lowest BCUT2D eigenvalue weighted by molar-refractivity contribution is -0.189. The highest BCUT2D eigenvalue weighted by Crippen LogP contribution is 2.44. The van der Waals surface area contributed by atoms with Crippen LogP contribution in [0.5, 0.6) is 23.1 Å². The molecule has 35 heavy (non-hydrogen) atoms. The molecule has 0 spiro atoms. The maximum atomic E-state index is 12.8. The van der Waals surface area contributed by atoms with Crippen LogP contribution in [-0.4, -0.2) is 53.4 Å². The molecular formula is C22H18F3N5O5. The Kier molecular flexibility index (Phi) is 6.16. The third kappa shape index (κ3) is 4.52. The quantitative estimate of drug-likeness (QED) is 0.396. The van der Waals surface area contributed by atoms with Gasteiger partial charge in [0.2, 0.25) is 23.5 Å². The zero-order chi connectivity index (χ0) is 25.3. The van der Waals surface area contributed by atoms with Gasteiger partial charge in [-0.25, -0.2) is 19.7 Å². The van der Waals surface area contributed by atoms with Gasteiger partial charge < -0.3 is 18.9 Å². The lowest BCUT2D eigenvalue weighted by Crippen LogP contribution is -2.28. The number of fused-ring (bicyclic) bond motifs is 2. The number of para-hydroxylation sites is 1. The first-order valence-electron chi connectivity index (χ1n) is 9.96. The molecule has 4 aromatic rings. The molecule has 2 aromatic carbocycles. The molecule has 0 radical (unpaired) electrons. The molecule has 0 aliphatic rings. The average molecular weight is 489 g/mol. The number of benzene rings is 2. The number of nitrogens with one attached hydrogen (secondary N) is 1. The predicted molar refractivity (Wildman–Crippen MR) is 118 cm³/mol. The van der Waals surface area contributed by atoms with Gasteiger partial charge in [-0.15, -0.1) is 0 Å². The maximum Gasteiger partial charge on any atom is 0.491 e. The summed E-state index contributed by atoms with van der Waals surface area (Å²) in [6.45, 7) is 1.71. The molecule has 13 heteroatoms. The van der Waals surface area contributed by atoms with Gasteiger partial charge in [-0.3, -0.25) is 5.32 Å². The van der Waals surface area contributed by atoms with E-state index < -0.39 is 18.0 Å². The van der Waals surface area contributed by atoms with E-state index in [9.17, 15) is 18.0 Å². The SMILES string of the molecule is COc1cc2nc(Nc3nc(OC(=O)C(F)(F)F)c4ccccc4n3)nc(C)c2c(OC)c1OC. The Balaban J connectivity index is 1.80. The van der Waals surface area contributed by atoms with Gasteiger partial charge in [0.1, 0.15) is 0 Å². The first-order valence-corrected chi connectivity index (χ1v) is 9.96. The highest BCUT2D eigenvalue weighted by molar-refractivity contribution is 5.93. The fourth-order valence-corrected chi connectivity index (χ4v) is 3.42. The molecule has 0 bridgehead atoms. The van der Waals surface area contributed by atoms with E-state index in [1.807, 2.05) is 0 Å². The molecular weight excluding hydrogens is 471 g/mol. The average Bonchev–Trinajstić information content (AvgIpc) is 2.82. The zero-order valence-corrected chi connectivity index (χ0v) is 18.9. The number of nitrogens with zero attached hydrogens (tertiary/aromatic N) is 4. The van der Waals surface area contributed by atoms with Gasteiger partial charge in [-0.1, -0.05) is 12.1 Å². The standard InChI is InChI=1S/C22H18F3N5O5/c1-10-15-13(9-14(32-2)16(33-3)17(15)34-4)28-20(26-10)30-21-27-12-8-6-5-7-11(12)18(29-21)35-19(31)22(23,24)25/h5-9H,1-4H3,(H,26,27,28,29,30). The minimum Gasteiger partial charge on any atom is -0.493 e. The predicted octanol–water partition coefficient (Wildman–Crippen LogP) is 4.12. The van der Waals surface area contributed by atoms with E-state index in [0.717, 1.165) is 0 Å². The minimum absolute atomic E-state index is 0.0349. The number of carbonyl (C=O) groups excluding carboxylic acids is 1. The molecule has 0 fully saturated rings. The Bertz CT molecular complexity index is 1450. The van der Waals surface area contributed by atoms with Crippen LogP contribution in [0.1, 0.15) is 5.69 Å². The van der Waals surface area contributed by atoms with Crippen LogP contribution in [0.25, 0.3) is 21.8 Å². The van der Waals surface area contributed by atoms with Crippen molar-refractivity contribution in [3.63, 3.8) is 0 Å². The number of methoxy groups -OCH3 is 3. The summed E-state index contributed by atoms with van der Waals surface area (Å²) in [6.07, 6.45) is -5.20. The van der Waals surface area contributed by atoms with Crippen LogP contribution < -0.4 is 24.3 Å². The number of alkyl halides is 3. The Morgan fingerprint density at radius 1 is 0.886 bits per heavy atom. The van der Waals surface area contributed by atoms with Gasteiger partial charge in [0.05, 0.1) is 48.8 Å². The van der Waals surface area contributed by atoms with Gasteiger partial charge in [-0.05, 0) is 19.1 Å². The second kappa shape index (κ2) is 9.08. The van der Waals surface area contributed by atoms with Crippen LogP contribution in [0.4, 0.5) is 25.1 Å². The second-order valence-electron chi connectivity index (χ2n) is 7.05. The number of aryl methyl sites for hydroxylation is 1. The van der Waals surface area contributed by atoms with Crippen LogP contribution in [0.15, 0.2) is 30.3 Å². The Morgan fingerprint density at radius 2 is 1.54 bits per heavy atom. The van der Waals surface area contributed by atoms with Crippen LogP contribution in [0, 0.1) is 6.92 Å². The van der Waals surface area contributed by atoms with Crippen molar-refractivity contribution >= 4 is 39.7 Å². The van der Waals surface area contributed by atoms with Gasteiger partial charge in [0.15, 0.2) is 11.5 Å². The summed E-state index contributed by atoms with van der Waals surface area (Å²) in [5, 5.41) is 3.44. The summed E-state index contributed by atoms with van der Waals surface area (Å²) in [4.78, 5) is 28.4. The summed E-state index contributed by atoms with van der Waals surface area (Å²) < 4.78 is 59.1. The molecule has 0 atom stereocenters. The van der Waals surface area contributed by atoms with E-state index in [1.165, 1.54) is 33.5 Å². The van der Waals surface area contributed by atoms with E-state index in [0.29, 0.717) is 33.8 Å². The molecule has 4 rings (SSSR count). The van der Waals surface area contributed by atoms with Crippen molar-refractivity contribution in [3.8, 4) is 23.1 Å². The maximum absolute atomic E-state index is 12.8. The van der Waals surface area contributed by atoms with Crippen molar-refractivity contribution in [1.82, 2.24) is 19.9 Å². The minimum atomic E-state index is -5.20. The van der Waals surface area contributed by atoms with Gasteiger partial charge in [0.25, 0.3) is 0 Å². The molecule has 0 aliphatic carbocycles. The van der Waals surface area contributed by atoms with Crippen molar-refractivity contribution < 1.29 is 36.9 Å². The number of hydrogen-bond acceptors (Lipinski definition) is 10. The summed E-state index contributed by atoms with van der Waals surface area (Å²) in [5.74, 6) is -2.01. The summed E-state index contributed by atoms with van der Waals surface area (Å²) in [7, 11) is 4.40. The van der Waals surface area contributed by atoms with E-state index in [-0.39, 0.29) is 22.8 Å². The van der Waals surface area contributed by atoms with Gasteiger partial charge >= 0.3 is 12.1 Å². The Labute approximate surface area is 196 Å². The molecule has 0 saturated carbocycles. The van der Waals surface area contributed by atoms with Crippen LogP contribution in [0.2, 0.25) is 0 Å². The fourth-order valence-electron chi connectivity index (χ4n) is 3.42. The van der Waals surface area contributed by atoms with Crippen molar-refractivity contribution in [1.29, 1.82) is 0 Å². The highest BCUT2D eigenvalue weighted by Gasteiger charge is 2.42. The van der Waals surface area contributed by atoms with Crippen LogP contribution in [0.3, 0.4) is 0 Å². The van der Waals surface area contributed by atoms with E-state index in [4.69, 9.17) is 14.2 Å². The Morgan fingerprint density at radius 3 is 2.20 bits per heavy atom. The number of aromatic nitrogens is 4. The molecule has 2 aromatic heterocycles. The lowest BCUT2D eigenvalue weighted by Gasteiger charge is -2.16. The van der Waals surface area contributed by atoms with Crippen LogP contribution in [-0.2, 0) is 4.79 Å². The van der Waals surface area contributed by atoms with Gasteiger partial charge in [0, 0.05) is 6.07 Å². The number of anilines is 2. The lowest BCUT2D eigenvalue weighted by atomic mass is 10.1. The number of halogens is 3. The molecule has 1 N–H and O–H groups in total. The largest absolute Gasteiger partial charge is 0.493 e.